The molecule has 0 saturated carbocycles. The van der Waals surface area contributed by atoms with Gasteiger partial charge in [-0.05, 0) is 43.2 Å². The highest BCUT2D eigenvalue weighted by Gasteiger charge is 2.09. The molecule has 0 aliphatic rings. The van der Waals surface area contributed by atoms with Crippen molar-refractivity contribution in [3.8, 4) is 0 Å². The number of hydrogen-bond acceptors (Lipinski definition) is 3. The van der Waals surface area contributed by atoms with Crippen molar-refractivity contribution in [2.24, 2.45) is 0 Å². The fourth-order valence-corrected chi connectivity index (χ4v) is 3.02. The number of amides is 1. The molecule has 2 aromatic carbocycles. The first-order valence-electron chi connectivity index (χ1n) is 7.96. The minimum Gasteiger partial charge on any atom is -0.326 e. The molecule has 0 radical (unpaired) electrons. The molecular weight excluding hydrogens is 382 g/mol. The molecule has 0 fully saturated rings. The quantitative estimate of drug-likeness (QED) is 0.725. The summed E-state index contributed by atoms with van der Waals surface area (Å²) in [6, 6.07) is 11.2. The number of carbonyl (C=O) groups is 1. The second-order valence-corrected chi connectivity index (χ2v) is 6.89. The first kappa shape index (κ1) is 17.4. The number of hydrogen-bond donors (Lipinski definition) is 1. The monoisotopic (exact) mass is 399 g/mol. The van der Waals surface area contributed by atoms with Gasteiger partial charge in [-0.3, -0.25) is 14.2 Å². The summed E-state index contributed by atoms with van der Waals surface area (Å²) < 4.78 is 2.38. The molecule has 0 bridgehead atoms. The van der Waals surface area contributed by atoms with E-state index in [4.69, 9.17) is 0 Å². The molecule has 25 heavy (non-hydrogen) atoms. The van der Waals surface area contributed by atoms with Crippen LogP contribution in [0.25, 0.3) is 10.9 Å². The number of benzene rings is 2. The molecule has 0 spiro atoms. The van der Waals surface area contributed by atoms with Crippen LogP contribution < -0.4 is 10.9 Å². The molecule has 0 unspecified atom stereocenters. The Morgan fingerprint density at radius 2 is 2.00 bits per heavy atom. The number of halogens is 1. The fourth-order valence-electron chi connectivity index (χ4n) is 2.66. The number of nitrogens with zero attached hydrogens (tertiary/aromatic N) is 2. The lowest BCUT2D eigenvalue weighted by molar-refractivity contribution is -0.116. The normalized spacial score (nSPS) is 10.8. The molecule has 0 saturated heterocycles. The number of rotatable bonds is 4. The van der Waals surface area contributed by atoms with Gasteiger partial charge < -0.3 is 5.32 Å². The van der Waals surface area contributed by atoms with Crippen LogP contribution in [0.1, 0.15) is 17.5 Å². The van der Waals surface area contributed by atoms with E-state index in [9.17, 15) is 9.59 Å². The number of para-hydroxylation sites is 1. The van der Waals surface area contributed by atoms with Crippen LogP contribution in [0, 0.1) is 13.8 Å². The molecule has 1 N–H and O–H groups in total. The minimum atomic E-state index is -0.141. The highest BCUT2D eigenvalue weighted by molar-refractivity contribution is 9.10. The second-order valence-electron chi connectivity index (χ2n) is 5.97. The van der Waals surface area contributed by atoms with Crippen LogP contribution in [0.4, 0.5) is 5.69 Å². The van der Waals surface area contributed by atoms with Gasteiger partial charge in [-0.25, -0.2) is 4.98 Å². The van der Waals surface area contributed by atoms with E-state index in [1.54, 1.807) is 6.07 Å². The summed E-state index contributed by atoms with van der Waals surface area (Å²) in [4.78, 5) is 29.1. The molecule has 3 rings (SSSR count). The van der Waals surface area contributed by atoms with Gasteiger partial charge in [-0.2, -0.15) is 0 Å². The highest BCUT2D eigenvalue weighted by atomic mass is 79.9. The van der Waals surface area contributed by atoms with E-state index in [1.165, 1.54) is 10.9 Å². The zero-order chi connectivity index (χ0) is 18.0. The number of fused-ring (bicyclic) bond motifs is 1. The zero-order valence-corrected chi connectivity index (χ0v) is 15.6. The van der Waals surface area contributed by atoms with Crippen molar-refractivity contribution in [2.75, 3.05) is 5.32 Å². The Kier molecular flexibility index (Phi) is 4.99. The van der Waals surface area contributed by atoms with E-state index >= 15 is 0 Å². The van der Waals surface area contributed by atoms with Crippen molar-refractivity contribution in [3.63, 3.8) is 0 Å². The summed E-state index contributed by atoms with van der Waals surface area (Å²) in [7, 11) is 0. The van der Waals surface area contributed by atoms with Gasteiger partial charge in [0.25, 0.3) is 5.56 Å². The van der Waals surface area contributed by atoms with Crippen molar-refractivity contribution < 1.29 is 4.79 Å². The van der Waals surface area contributed by atoms with Gasteiger partial charge in [0.05, 0.1) is 17.2 Å². The summed E-state index contributed by atoms with van der Waals surface area (Å²) in [6.45, 7) is 4.14. The summed E-state index contributed by atoms with van der Waals surface area (Å²) >= 11 is 3.40. The van der Waals surface area contributed by atoms with E-state index in [2.05, 4.69) is 26.2 Å². The molecule has 5 nitrogen and oxygen atoms in total. The third kappa shape index (κ3) is 3.79. The van der Waals surface area contributed by atoms with Crippen LogP contribution in [-0.4, -0.2) is 15.5 Å². The Bertz CT molecular complexity index is 1010. The van der Waals surface area contributed by atoms with Crippen LogP contribution in [0.3, 0.4) is 0 Å². The van der Waals surface area contributed by atoms with Gasteiger partial charge in [0, 0.05) is 23.1 Å². The third-order valence-electron chi connectivity index (χ3n) is 4.11. The summed E-state index contributed by atoms with van der Waals surface area (Å²) in [5.41, 5.74) is 3.29. The first-order chi connectivity index (χ1) is 12.0. The van der Waals surface area contributed by atoms with Gasteiger partial charge in [-0.1, -0.05) is 34.1 Å². The Labute approximate surface area is 153 Å². The van der Waals surface area contributed by atoms with Crippen LogP contribution >= 0.6 is 15.9 Å². The average molecular weight is 400 g/mol. The Balaban J connectivity index is 1.74. The Morgan fingerprint density at radius 3 is 2.80 bits per heavy atom. The van der Waals surface area contributed by atoms with Crippen molar-refractivity contribution in [3.05, 3.63) is 68.7 Å². The number of anilines is 1. The average Bonchev–Trinajstić information content (AvgIpc) is 2.58. The summed E-state index contributed by atoms with van der Waals surface area (Å²) in [5, 5.41) is 3.46. The van der Waals surface area contributed by atoms with Gasteiger partial charge in [0.2, 0.25) is 5.91 Å². The molecule has 0 aliphatic heterocycles. The first-order valence-corrected chi connectivity index (χ1v) is 8.76. The van der Waals surface area contributed by atoms with Crippen LogP contribution in [0.15, 0.2) is 52.0 Å². The predicted molar refractivity (Wildman–Crippen MR) is 103 cm³/mol. The molecule has 128 valence electrons. The minimum absolute atomic E-state index is 0.125. The zero-order valence-electron chi connectivity index (χ0n) is 14.0. The van der Waals surface area contributed by atoms with Crippen LogP contribution in [0.5, 0.6) is 0 Å². The molecule has 1 heterocycles. The van der Waals surface area contributed by atoms with E-state index in [-0.39, 0.29) is 24.4 Å². The van der Waals surface area contributed by atoms with E-state index in [0.29, 0.717) is 10.9 Å². The highest BCUT2D eigenvalue weighted by Crippen LogP contribution is 2.20. The SMILES string of the molecule is Cc1ccc(Br)cc1NC(=O)CCn1cnc2c(C)cccc2c1=O. The van der Waals surface area contributed by atoms with Gasteiger partial charge in [0.15, 0.2) is 0 Å². The maximum atomic E-state index is 12.5. The molecule has 1 amide bonds. The van der Waals surface area contributed by atoms with Gasteiger partial charge in [0.1, 0.15) is 0 Å². The van der Waals surface area contributed by atoms with E-state index in [1.807, 2.05) is 44.2 Å². The fraction of sp³-hybridized carbons (Fsp3) is 0.211. The maximum Gasteiger partial charge on any atom is 0.261 e. The standard InChI is InChI=1S/C19H18BrN3O2/c1-12-6-7-14(20)10-16(12)22-17(24)8-9-23-11-21-18-13(2)4-3-5-15(18)19(23)25/h3-7,10-11H,8-9H2,1-2H3,(H,22,24). The van der Waals surface area contributed by atoms with Crippen molar-refractivity contribution >= 4 is 38.4 Å². The lowest BCUT2D eigenvalue weighted by Crippen LogP contribution is -2.24. The van der Waals surface area contributed by atoms with Gasteiger partial charge in [-0.15, -0.1) is 0 Å². The molecule has 6 heteroatoms. The van der Waals surface area contributed by atoms with Gasteiger partial charge >= 0.3 is 0 Å². The number of carbonyl (C=O) groups excluding carboxylic acids is 1. The van der Waals surface area contributed by atoms with E-state index < -0.39 is 0 Å². The number of aryl methyl sites for hydroxylation is 3. The largest absolute Gasteiger partial charge is 0.326 e. The number of nitrogens with one attached hydrogen (secondary N) is 1. The molecule has 0 aliphatic carbocycles. The van der Waals surface area contributed by atoms with Crippen LogP contribution in [0.2, 0.25) is 0 Å². The Hall–Kier alpha value is -2.47. The molecule has 0 atom stereocenters. The molecule has 3 aromatic rings. The second kappa shape index (κ2) is 7.19. The summed E-state index contributed by atoms with van der Waals surface area (Å²) in [5.74, 6) is -0.141. The van der Waals surface area contributed by atoms with Crippen LogP contribution in [-0.2, 0) is 11.3 Å². The third-order valence-corrected chi connectivity index (χ3v) is 4.60. The lowest BCUT2D eigenvalue weighted by Gasteiger charge is -2.10. The number of aromatic nitrogens is 2. The smallest absolute Gasteiger partial charge is 0.261 e. The van der Waals surface area contributed by atoms with Crippen molar-refractivity contribution in [1.29, 1.82) is 0 Å². The van der Waals surface area contributed by atoms with E-state index in [0.717, 1.165) is 21.3 Å². The van der Waals surface area contributed by atoms with Crippen molar-refractivity contribution in [2.45, 2.75) is 26.8 Å². The topological polar surface area (TPSA) is 64.0 Å². The maximum absolute atomic E-state index is 12.5. The molecular formula is C19H18BrN3O2. The Morgan fingerprint density at radius 1 is 1.20 bits per heavy atom. The lowest BCUT2D eigenvalue weighted by atomic mass is 10.1. The predicted octanol–water partition coefficient (Wildman–Crippen LogP) is 3.80. The van der Waals surface area contributed by atoms with Crippen molar-refractivity contribution in [1.82, 2.24) is 9.55 Å². The summed E-state index contributed by atoms with van der Waals surface area (Å²) in [6.07, 6.45) is 1.71. The molecule has 1 aromatic heterocycles.